The van der Waals surface area contributed by atoms with Crippen molar-refractivity contribution in [2.45, 2.75) is 59.8 Å². The van der Waals surface area contributed by atoms with Crippen molar-refractivity contribution in [2.24, 2.45) is 0 Å². The molecule has 0 fully saturated rings. The zero-order chi connectivity index (χ0) is 28.1. The summed E-state index contributed by atoms with van der Waals surface area (Å²) in [5.74, 6) is 0. The van der Waals surface area contributed by atoms with E-state index in [4.69, 9.17) is 0 Å². The van der Waals surface area contributed by atoms with E-state index in [1.165, 1.54) is 76.8 Å². The predicted octanol–water partition coefficient (Wildman–Crippen LogP) is 4.12. The van der Waals surface area contributed by atoms with Gasteiger partial charge in [-0.2, -0.15) is 0 Å². The summed E-state index contributed by atoms with van der Waals surface area (Å²) in [6.45, 7) is 9.27. The molecule has 0 atom stereocenters. The molecule has 6 rings (SSSR count). The van der Waals surface area contributed by atoms with Crippen LogP contribution in [0.4, 0.5) is 0 Å². The minimum atomic E-state index is 0. The van der Waals surface area contributed by atoms with Crippen LogP contribution in [0, 0.1) is 0 Å². The van der Waals surface area contributed by atoms with Crippen molar-refractivity contribution < 1.29 is 49.0 Å². The molecule has 0 N–H and O–H groups in total. The second-order valence-electron chi connectivity index (χ2n) is 10.5. The number of benzene rings is 4. The molecule has 3 heteroatoms. The molecule has 5 aromatic carbocycles. The van der Waals surface area contributed by atoms with Gasteiger partial charge in [0.15, 0.2) is 0 Å². The fourth-order valence-corrected chi connectivity index (χ4v) is 7.26. The first-order valence-corrected chi connectivity index (χ1v) is 16.1. The standard InChI is InChI=1S/C26H29.C13H10.2ClH.Zr/c1-5-17-14-11-15-19-16-23-25(18-12-9-10-13-18)21(7-3)20(6-2)22(8-4)26(23)24(17)19;1-3-7-12(8-4-1)11-13-9-5-2-6-10-13;;;/h9-12,14-16H,5-8,13H2,1-4H3;1-10H;2*1H;/q-1;;;;+2/p-2. The quantitative estimate of drug-likeness (QED) is 0.229. The molecular weight excluding hydrogens is 631 g/mol. The van der Waals surface area contributed by atoms with Crippen LogP contribution in [0.2, 0.25) is 0 Å². The Bertz CT molecular complexity index is 1660. The average Bonchev–Trinajstić information content (AvgIpc) is 3.69. The van der Waals surface area contributed by atoms with Gasteiger partial charge in [-0.25, -0.2) is 0 Å². The topological polar surface area (TPSA) is 0 Å². The Morgan fingerprint density at radius 3 is 1.76 bits per heavy atom. The van der Waals surface area contributed by atoms with Crippen LogP contribution >= 0.6 is 0 Å². The van der Waals surface area contributed by atoms with E-state index in [9.17, 15) is 0 Å². The minimum absolute atomic E-state index is 0. The summed E-state index contributed by atoms with van der Waals surface area (Å²) in [5.41, 5.74) is 11.9. The molecule has 0 nitrogen and oxygen atoms in total. The number of hydrogen-bond donors (Lipinski definition) is 0. The van der Waals surface area contributed by atoms with E-state index in [0.29, 0.717) is 0 Å². The van der Waals surface area contributed by atoms with Gasteiger partial charge in [-0.05, 0) is 32.1 Å². The molecule has 0 unspecified atom stereocenters. The molecule has 0 saturated carbocycles. The molecule has 0 spiro atoms. The van der Waals surface area contributed by atoms with Gasteiger partial charge in [0.25, 0.3) is 0 Å². The first kappa shape index (κ1) is 34.1. The first-order valence-electron chi connectivity index (χ1n) is 14.9. The van der Waals surface area contributed by atoms with Crippen molar-refractivity contribution in [2.75, 3.05) is 0 Å². The fourth-order valence-electron chi connectivity index (χ4n) is 6.44. The van der Waals surface area contributed by atoms with Gasteiger partial charge in [-0.3, -0.25) is 0 Å². The summed E-state index contributed by atoms with van der Waals surface area (Å²) in [6, 6.07) is 30.4. The molecule has 0 saturated heterocycles. The number of rotatable bonds is 7. The number of hydrogen-bond acceptors (Lipinski definition) is 0. The van der Waals surface area contributed by atoms with Crippen molar-refractivity contribution in [3.05, 3.63) is 142 Å². The third kappa shape index (κ3) is 6.70. The molecular formula is C39H39Cl2Zr-. The zero-order valence-corrected chi connectivity index (χ0v) is 29.1. The summed E-state index contributed by atoms with van der Waals surface area (Å²) in [7, 11) is 0. The van der Waals surface area contributed by atoms with Gasteiger partial charge in [0.2, 0.25) is 0 Å². The third-order valence-corrected chi connectivity index (χ3v) is 9.68. The van der Waals surface area contributed by atoms with E-state index in [-0.39, 0.29) is 24.8 Å². The maximum atomic E-state index is 2.47. The maximum absolute atomic E-state index is 2.47. The van der Waals surface area contributed by atoms with Crippen molar-refractivity contribution in [3.8, 4) is 0 Å². The Balaban J connectivity index is 0.000000258. The molecule has 42 heavy (non-hydrogen) atoms. The molecule has 214 valence electrons. The van der Waals surface area contributed by atoms with Gasteiger partial charge in [0.05, 0.1) is 0 Å². The van der Waals surface area contributed by atoms with Crippen molar-refractivity contribution >= 4 is 30.3 Å². The van der Waals surface area contributed by atoms with Gasteiger partial charge >= 0.3 is 99.2 Å². The molecule has 0 radical (unpaired) electrons. The molecule has 0 heterocycles. The average molecular weight is 670 g/mol. The zero-order valence-electron chi connectivity index (χ0n) is 25.1. The van der Waals surface area contributed by atoms with E-state index in [1.807, 2.05) is 0 Å². The van der Waals surface area contributed by atoms with Crippen LogP contribution in [0.1, 0.15) is 73.1 Å². The van der Waals surface area contributed by atoms with Crippen LogP contribution in [-0.4, -0.2) is 3.21 Å². The Kier molecular flexibility index (Phi) is 12.9. The molecule has 0 aliphatic heterocycles. The summed E-state index contributed by atoms with van der Waals surface area (Å²) < 4.78 is 1.42. The molecule has 0 aromatic heterocycles. The molecule has 1 aliphatic carbocycles. The molecule has 0 amide bonds. The van der Waals surface area contributed by atoms with Crippen molar-refractivity contribution in [3.63, 3.8) is 0 Å². The van der Waals surface area contributed by atoms with Gasteiger partial charge in [-0.1, -0.05) is 91.4 Å². The Morgan fingerprint density at radius 2 is 1.26 bits per heavy atom. The molecule has 1 aliphatic rings. The van der Waals surface area contributed by atoms with Crippen molar-refractivity contribution in [1.29, 1.82) is 0 Å². The van der Waals surface area contributed by atoms with Crippen LogP contribution in [0.15, 0.2) is 103 Å². The summed E-state index contributed by atoms with van der Waals surface area (Å²) in [6.07, 6.45) is 12.4. The summed E-state index contributed by atoms with van der Waals surface area (Å²) in [5, 5.41) is 5.95. The van der Waals surface area contributed by atoms with E-state index >= 15 is 0 Å². The van der Waals surface area contributed by atoms with Crippen LogP contribution in [0.5, 0.6) is 0 Å². The normalized spacial score (nSPS) is 11.9. The number of fused-ring (bicyclic) bond motifs is 3. The second kappa shape index (κ2) is 15.9. The van der Waals surface area contributed by atoms with Crippen LogP contribution in [-0.2, 0) is 49.9 Å². The van der Waals surface area contributed by atoms with E-state index in [0.717, 1.165) is 32.1 Å². The first-order chi connectivity index (χ1) is 19.6. The Labute approximate surface area is 279 Å². The SMILES string of the molecule is CCc1c(CC)c(CC)c2c([cH-]c3cccc(CC)c32)c1C1=CC=CC1.[Cl-].[Cl-].[Zr+2]=[C](c1ccccc1)c1ccccc1. The van der Waals surface area contributed by atoms with Gasteiger partial charge < -0.3 is 24.8 Å². The van der Waals surface area contributed by atoms with E-state index < -0.39 is 0 Å². The number of allylic oxidation sites excluding steroid dienone is 4. The molecule has 5 aromatic rings. The fraction of sp³-hybridized carbons (Fsp3) is 0.231. The number of halogens is 2. The Hall–Kier alpha value is -2.44. The van der Waals surface area contributed by atoms with E-state index in [1.54, 1.807) is 16.7 Å². The van der Waals surface area contributed by atoms with Crippen LogP contribution in [0.3, 0.4) is 0 Å². The Morgan fingerprint density at radius 1 is 0.667 bits per heavy atom. The monoisotopic (exact) mass is 667 g/mol. The predicted molar refractivity (Wildman–Crippen MR) is 172 cm³/mol. The van der Waals surface area contributed by atoms with Gasteiger partial charge in [-0.15, -0.1) is 33.7 Å². The van der Waals surface area contributed by atoms with Gasteiger partial charge in [0.1, 0.15) is 0 Å². The summed E-state index contributed by atoms with van der Waals surface area (Å²) in [4.78, 5) is 0. The van der Waals surface area contributed by atoms with Crippen molar-refractivity contribution in [1.82, 2.24) is 0 Å². The summed E-state index contributed by atoms with van der Waals surface area (Å²) >= 11 is 1.46. The third-order valence-electron chi connectivity index (χ3n) is 8.26. The second-order valence-corrected chi connectivity index (χ2v) is 11.7. The van der Waals surface area contributed by atoms with Gasteiger partial charge in [0, 0.05) is 0 Å². The van der Waals surface area contributed by atoms with Crippen LogP contribution < -0.4 is 24.8 Å². The molecule has 0 bridgehead atoms. The van der Waals surface area contributed by atoms with E-state index in [2.05, 4.69) is 131 Å². The van der Waals surface area contributed by atoms with Crippen LogP contribution in [0.25, 0.3) is 27.1 Å². The number of aryl methyl sites for hydroxylation is 2.